The SMILES string of the molecule is NNc1ccc2c(c1)COCOC2. The third-order valence-corrected chi connectivity index (χ3v) is 2.05. The summed E-state index contributed by atoms with van der Waals surface area (Å²) < 4.78 is 10.5. The summed E-state index contributed by atoms with van der Waals surface area (Å²) in [7, 11) is 0. The molecular formula is C9H12N2O2. The highest BCUT2D eigenvalue weighted by Gasteiger charge is 2.07. The Hall–Kier alpha value is -1.10. The van der Waals surface area contributed by atoms with Crippen LogP contribution in [0.2, 0.25) is 0 Å². The van der Waals surface area contributed by atoms with Gasteiger partial charge in [-0.2, -0.15) is 0 Å². The van der Waals surface area contributed by atoms with E-state index in [4.69, 9.17) is 15.3 Å². The fourth-order valence-electron chi connectivity index (χ4n) is 1.35. The van der Waals surface area contributed by atoms with E-state index in [0.29, 0.717) is 20.0 Å². The largest absolute Gasteiger partial charge is 0.351 e. The van der Waals surface area contributed by atoms with Crippen molar-refractivity contribution in [2.45, 2.75) is 13.2 Å². The van der Waals surface area contributed by atoms with E-state index in [1.165, 1.54) is 0 Å². The quantitative estimate of drug-likeness (QED) is 0.499. The van der Waals surface area contributed by atoms with Gasteiger partial charge in [0.2, 0.25) is 0 Å². The summed E-state index contributed by atoms with van der Waals surface area (Å²) in [6, 6.07) is 5.90. The van der Waals surface area contributed by atoms with Crippen molar-refractivity contribution in [1.82, 2.24) is 0 Å². The molecule has 0 aliphatic carbocycles. The highest BCUT2D eigenvalue weighted by atomic mass is 16.7. The van der Waals surface area contributed by atoms with Crippen LogP contribution in [0.3, 0.4) is 0 Å². The minimum absolute atomic E-state index is 0.361. The lowest BCUT2D eigenvalue weighted by atomic mass is 10.1. The van der Waals surface area contributed by atoms with Crippen LogP contribution in [0, 0.1) is 0 Å². The maximum atomic E-state index is 5.30. The molecule has 0 fully saturated rings. The zero-order chi connectivity index (χ0) is 9.10. The number of ether oxygens (including phenoxy) is 2. The van der Waals surface area contributed by atoms with Crippen LogP contribution in [0.25, 0.3) is 0 Å². The van der Waals surface area contributed by atoms with E-state index in [1.54, 1.807) is 0 Å². The van der Waals surface area contributed by atoms with Gasteiger partial charge in [0.1, 0.15) is 6.79 Å². The van der Waals surface area contributed by atoms with E-state index in [0.717, 1.165) is 16.8 Å². The molecule has 70 valence electrons. The molecule has 0 aromatic heterocycles. The number of nitrogens with two attached hydrogens (primary N) is 1. The van der Waals surface area contributed by atoms with E-state index >= 15 is 0 Å². The van der Waals surface area contributed by atoms with Crippen LogP contribution < -0.4 is 11.3 Å². The zero-order valence-electron chi connectivity index (χ0n) is 7.25. The van der Waals surface area contributed by atoms with E-state index in [-0.39, 0.29) is 0 Å². The monoisotopic (exact) mass is 180 g/mol. The lowest BCUT2D eigenvalue weighted by molar-refractivity contribution is -0.0586. The van der Waals surface area contributed by atoms with E-state index in [9.17, 15) is 0 Å². The Morgan fingerprint density at radius 1 is 1.15 bits per heavy atom. The fourth-order valence-corrected chi connectivity index (χ4v) is 1.35. The predicted molar refractivity (Wildman–Crippen MR) is 48.7 cm³/mol. The van der Waals surface area contributed by atoms with Crippen molar-refractivity contribution < 1.29 is 9.47 Å². The molecule has 4 nitrogen and oxygen atoms in total. The van der Waals surface area contributed by atoms with Gasteiger partial charge in [-0.05, 0) is 23.3 Å². The first-order chi connectivity index (χ1) is 6.40. The molecule has 0 radical (unpaired) electrons. The number of benzene rings is 1. The van der Waals surface area contributed by atoms with Gasteiger partial charge in [-0.3, -0.25) is 5.84 Å². The molecule has 1 aromatic carbocycles. The first kappa shape index (κ1) is 8.50. The van der Waals surface area contributed by atoms with Gasteiger partial charge < -0.3 is 14.9 Å². The van der Waals surface area contributed by atoms with Crippen LogP contribution in [0.1, 0.15) is 11.1 Å². The third-order valence-electron chi connectivity index (χ3n) is 2.05. The molecule has 0 spiro atoms. The summed E-state index contributed by atoms with van der Waals surface area (Å²) in [6.45, 7) is 1.56. The van der Waals surface area contributed by atoms with Gasteiger partial charge in [0.05, 0.1) is 13.2 Å². The van der Waals surface area contributed by atoms with Crippen molar-refractivity contribution in [1.29, 1.82) is 0 Å². The Balaban J connectivity index is 2.32. The van der Waals surface area contributed by atoms with Crippen LogP contribution in [0.5, 0.6) is 0 Å². The molecule has 0 atom stereocenters. The number of anilines is 1. The molecule has 2 rings (SSSR count). The van der Waals surface area contributed by atoms with E-state index in [1.807, 2.05) is 18.2 Å². The standard InChI is InChI=1S/C9H12N2O2/c10-11-9-2-1-7-4-12-6-13-5-8(7)3-9/h1-3,11H,4-6,10H2. The highest BCUT2D eigenvalue weighted by molar-refractivity contribution is 5.47. The lowest BCUT2D eigenvalue weighted by Gasteiger charge is -2.06. The van der Waals surface area contributed by atoms with Crippen LogP contribution in [-0.2, 0) is 22.7 Å². The molecule has 0 saturated carbocycles. The van der Waals surface area contributed by atoms with Gasteiger partial charge in [-0.1, -0.05) is 6.07 Å². The van der Waals surface area contributed by atoms with Crippen molar-refractivity contribution in [2.75, 3.05) is 12.2 Å². The smallest absolute Gasteiger partial charge is 0.147 e. The minimum atomic E-state index is 0.361. The van der Waals surface area contributed by atoms with Gasteiger partial charge in [-0.15, -0.1) is 0 Å². The number of hydrogen-bond donors (Lipinski definition) is 2. The van der Waals surface area contributed by atoms with Crippen LogP contribution in [-0.4, -0.2) is 6.79 Å². The average Bonchev–Trinajstić information content (AvgIpc) is 2.41. The molecule has 0 saturated heterocycles. The van der Waals surface area contributed by atoms with Crippen molar-refractivity contribution in [3.8, 4) is 0 Å². The second kappa shape index (κ2) is 3.74. The Kier molecular flexibility index (Phi) is 2.44. The van der Waals surface area contributed by atoms with Crippen molar-refractivity contribution >= 4 is 5.69 Å². The minimum Gasteiger partial charge on any atom is -0.351 e. The molecule has 1 aliphatic heterocycles. The van der Waals surface area contributed by atoms with E-state index in [2.05, 4.69) is 5.43 Å². The number of hydrazine groups is 1. The predicted octanol–water partition coefficient (Wildman–Crippen LogP) is 0.977. The summed E-state index contributed by atoms with van der Waals surface area (Å²) in [5.74, 6) is 5.30. The molecule has 0 unspecified atom stereocenters. The van der Waals surface area contributed by atoms with Crippen LogP contribution in [0.4, 0.5) is 5.69 Å². The topological polar surface area (TPSA) is 56.5 Å². The van der Waals surface area contributed by atoms with Gasteiger partial charge in [0.15, 0.2) is 0 Å². The second-order valence-corrected chi connectivity index (χ2v) is 2.94. The van der Waals surface area contributed by atoms with Gasteiger partial charge >= 0.3 is 0 Å². The molecule has 13 heavy (non-hydrogen) atoms. The zero-order valence-corrected chi connectivity index (χ0v) is 7.25. The van der Waals surface area contributed by atoms with Gasteiger partial charge in [-0.25, -0.2) is 0 Å². The second-order valence-electron chi connectivity index (χ2n) is 2.94. The Morgan fingerprint density at radius 3 is 2.69 bits per heavy atom. The normalized spacial score (nSPS) is 16.1. The summed E-state index contributed by atoms with van der Waals surface area (Å²) in [6.07, 6.45) is 0. The van der Waals surface area contributed by atoms with Gasteiger partial charge in [0, 0.05) is 5.69 Å². The van der Waals surface area contributed by atoms with Crippen LogP contribution >= 0.6 is 0 Å². The first-order valence-electron chi connectivity index (χ1n) is 4.14. The Morgan fingerprint density at radius 2 is 1.92 bits per heavy atom. The number of nitrogens with one attached hydrogen (secondary N) is 1. The van der Waals surface area contributed by atoms with Crippen LogP contribution in [0.15, 0.2) is 18.2 Å². The fraction of sp³-hybridized carbons (Fsp3) is 0.333. The first-order valence-corrected chi connectivity index (χ1v) is 4.14. The van der Waals surface area contributed by atoms with Crippen molar-refractivity contribution in [2.24, 2.45) is 5.84 Å². The molecule has 3 N–H and O–H groups in total. The summed E-state index contributed by atoms with van der Waals surface area (Å²) >= 11 is 0. The number of hydrogen-bond acceptors (Lipinski definition) is 4. The maximum absolute atomic E-state index is 5.30. The third kappa shape index (κ3) is 1.80. The Labute approximate surface area is 76.6 Å². The maximum Gasteiger partial charge on any atom is 0.147 e. The molecule has 1 aliphatic rings. The molecule has 0 bridgehead atoms. The lowest BCUT2D eigenvalue weighted by Crippen LogP contribution is -2.07. The van der Waals surface area contributed by atoms with Gasteiger partial charge in [0.25, 0.3) is 0 Å². The molecule has 1 heterocycles. The summed E-state index contributed by atoms with van der Waals surface area (Å²) in [4.78, 5) is 0. The number of rotatable bonds is 1. The average molecular weight is 180 g/mol. The molecule has 4 heteroatoms. The Bertz CT molecular complexity index is 302. The highest BCUT2D eigenvalue weighted by Crippen LogP contribution is 2.19. The molecule has 0 amide bonds. The number of fused-ring (bicyclic) bond motifs is 1. The molecular weight excluding hydrogens is 168 g/mol. The van der Waals surface area contributed by atoms with E-state index < -0.39 is 0 Å². The van der Waals surface area contributed by atoms with Crippen molar-refractivity contribution in [3.05, 3.63) is 29.3 Å². The molecule has 1 aromatic rings. The number of nitrogen functional groups attached to an aromatic ring is 1. The summed E-state index contributed by atoms with van der Waals surface area (Å²) in [5.41, 5.74) is 5.79. The van der Waals surface area contributed by atoms with Crippen molar-refractivity contribution in [3.63, 3.8) is 0 Å². The summed E-state index contributed by atoms with van der Waals surface area (Å²) in [5, 5.41) is 0.